The van der Waals surface area contributed by atoms with Crippen LogP contribution in [0.4, 0.5) is 10.5 Å². The van der Waals surface area contributed by atoms with Gasteiger partial charge in [0.25, 0.3) is 0 Å². The van der Waals surface area contributed by atoms with E-state index in [4.69, 9.17) is 19.9 Å². The minimum atomic E-state index is -1.14. The first-order chi connectivity index (χ1) is 23.1. The molecule has 0 saturated carbocycles. The van der Waals surface area contributed by atoms with E-state index in [-0.39, 0.29) is 23.6 Å². The van der Waals surface area contributed by atoms with Crippen LogP contribution >= 0.6 is 0 Å². The summed E-state index contributed by atoms with van der Waals surface area (Å²) in [6.45, 7) is 15.4. The van der Waals surface area contributed by atoms with E-state index in [9.17, 15) is 14.4 Å². The second-order valence-corrected chi connectivity index (χ2v) is 14.8. The SMILES string of the molecule is B[C@@H]1[C@@H](C)C(=O)[C@@H](C)C(=O)O[C@H](CCC)[C@@]2(C)OC(=O)N(CCCCn3cc(-c4cccc(N)c4)nn3)[C@@H]2[C@@H](C)NC[C@H](C)C[C@@]1(C)OC. The molecule has 1 amide bonds. The monoisotopic (exact) mass is 680 g/mol. The van der Waals surface area contributed by atoms with Crippen molar-refractivity contribution in [3.8, 4) is 11.3 Å². The van der Waals surface area contributed by atoms with Crippen LogP contribution in [0.2, 0.25) is 5.82 Å². The molecule has 1 aromatic heterocycles. The van der Waals surface area contributed by atoms with E-state index in [1.807, 2.05) is 66.0 Å². The topological polar surface area (TPSA) is 151 Å². The van der Waals surface area contributed by atoms with Crippen molar-refractivity contribution in [1.29, 1.82) is 0 Å². The Labute approximate surface area is 292 Å². The first-order valence-corrected chi connectivity index (χ1v) is 17.9. The van der Waals surface area contributed by atoms with Gasteiger partial charge in [-0.2, -0.15) is 0 Å². The Bertz CT molecular complexity index is 1460. The molecule has 3 N–H and O–H groups in total. The molecule has 2 aliphatic rings. The molecule has 0 unspecified atom stereocenters. The van der Waals surface area contributed by atoms with Crippen LogP contribution in [0.1, 0.15) is 80.6 Å². The molecule has 9 atom stereocenters. The summed E-state index contributed by atoms with van der Waals surface area (Å²) in [5.41, 5.74) is 6.54. The summed E-state index contributed by atoms with van der Waals surface area (Å²) >= 11 is 0. The minimum Gasteiger partial charge on any atom is -0.457 e. The summed E-state index contributed by atoms with van der Waals surface area (Å²) in [5.74, 6) is -2.10. The van der Waals surface area contributed by atoms with Crippen LogP contribution in [-0.2, 0) is 30.3 Å². The highest BCUT2D eigenvalue weighted by atomic mass is 16.6. The molecular formula is C36H57BN6O6. The molecule has 2 fully saturated rings. The van der Waals surface area contributed by atoms with Crippen LogP contribution in [0, 0.1) is 17.8 Å². The number of ether oxygens (including phenoxy) is 3. The number of nitrogen functional groups attached to an aromatic ring is 1. The lowest BCUT2D eigenvalue weighted by molar-refractivity contribution is -0.170. The molecule has 2 aromatic rings. The quantitative estimate of drug-likeness (QED) is 0.129. The zero-order valence-electron chi connectivity index (χ0n) is 30.9. The summed E-state index contributed by atoms with van der Waals surface area (Å²) in [6.07, 6.45) is 4.08. The summed E-state index contributed by atoms with van der Waals surface area (Å²) in [4.78, 5) is 42.8. The molecule has 4 rings (SSSR count). The summed E-state index contributed by atoms with van der Waals surface area (Å²) < 4.78 is 20.2. The number of Topliss-reactive ketones (excluding diaryl/α,β-unsaturated/α-hetero) is 1. The molecule has 12 nitrogen and oxygen atoms in total. The van der Waals surface area contributed by atoms with Gasteiger partial charge in [-0.3, -0.25) is 19.2 Å². The predicted molar refractivity (Wildman–Crippen MR) is 192 cm³/mol. The number of carbonyl (C=O) groups is 3. The summed E-state index contributed by atoms with van der Waals surface area (Å²) in [5, 5.41) is 12.3. The number of anilines is 1. The maximum Gasteiger partial charge on any atom is 0.410 e. The Morgan fingerprint density at radius 3 is 2.51 bits per heavy atom. The molecule has 3 heterocycles. The minimum absolute atomic E-state index is 0.133. The zero-order chi connectivity index (χ0) is 36.1. The van der Waals surface area contributed by atoms with E-state index >= 15 is 0 Å². The molecule has 49 heavy (non-hydrogen) atoms. The van der Waals surface area contributed by atoms with E-state index in [2.05, 4.69) is 29.5 Å². The van der Waals surface area contributed by atoms with Gasteiger partial charge >= 0.3 is 12.1 Å². The first-order valence-electron chi connectivity index (χ1n) is 17.9. The van der Waals surface area contributed by atoms with E-state index in [1.54, 1.807) is 23.6 Å². The maximum atomic E-state index is 13.7. The number of nitrogens with zero attached hydrogens (tertiary/aromatic N) is 4. The van der Waals surface area contributed by atoms with Crippen LogP contribution in [0.3, 0.4) is 0 Å². The molecular weight excluding hydrogens is 623 g/mol. The van der Waals surface area contributed by atoms with E-state index in [0.717, 1.165) is 17.7 Å². The molecule has 2 aliphatic heterocycles. The Morgan fingerprint density at radius 1 is 1.12 bits per heavy atom. The highest BCUT2D eigenvalue weighted by Gasteiger charge is 2.58. The number of esters is 1. The van der Waals surface area contributed by atoms with Crippen LogP contribution in [0.15, 0.2) is 30.5 Å². The van der Waals surface area contributed by atoms with Crippen molar-refractivity contribution in [2.75, 3.05) is 25.9 Å². The number of nitrogens with one attached hydrogen (secondary N) is 1. The summed E-state index contributed by atoms with van der Waals surface area (Å²) in [6, 6.07) is 6.91. The molecule has 1 aromatic carbocycles. The van der Waals surface area contributed by atoms with Gasteiger partial charge in [0.15, 0.2) is 5.60 Å². The van der Waals surface area contributed by atoms with Gasteiger partial charge in [-0.05, 0) is 83.8 Å². The van der Waals surface area contributed by atoms with Crippen molar-refractivity contribution in [1.82, 2.24) is 25.2 Å². The van der Waals surface area contributed by atoms with Gasteiger partial charge in [-0.25, -0.2) is 4.79 Å². The third-order valence-corrected chi connectivity index (χ3v) is 11.1. The second-order valence-electron chi connectivity index (χ2n) is 14.8. The number of ketones is 1. The Morgan fingerprint density at radius 2 is 1.84 bits per heavy atom. The molecule has 0 bridgehead atoms. The third-order valence-electron chi connectivity index (χ3n) is 11.1. The zero-order valence-corrected chi connectivity index (χ0v) is 30.9. The largest absolute Gasteiger partial charge is 0.457 e. The van der Waals surface area contributed by atoms with Gasteiger partial charge in [-0.1, -0.05) is 44.5 Å². The van der Waals surface area contributed by atoms with Gasteiger partial charge in [-0.15, -0.1) is 5.10 Å². The first kappa shape index (κ1) is 38.4. The van der Waals surface area contributed by atoms with Crippen molar-refractivity contribution in [3.63, 3.8) is 0 Å². The number of methoxy groups -OCH3 is 1. The highest BCUT2D eigenvalue weighted by molar-refractivity contribution is 6.15. The number of cyclic esters (lactones) is 1. The van der Waals surface area contributed by atoms with Crippen molar-refractivity contribution >= 4 is 31.4 Å². The lowest BCUT2D eigenvalue weighted by Crippen LogP contribution is -2.61. The average Bonchev–Trinajstić information content (AvgIpc) is 3.65. The number of aryl methyl sites for hydroxylation is 1. The number of aromatic nitrogens is 3. The lowest BCUT2D eigenvalue weighted by atomic mass is 9.62. The fraction of sp³-hybridized carbons (Fsp3) is 0.694. The lowest BCUT2D eigenvalue weighted by Gasteiger charge is -2.41. The van der Waals surface area contributed by atoms with Crippen molar-refractivity contribution in [2.24, 2.45) is 17.8 Å². The number of amides is 1. The fourth-order valence-corrected chi connectivity index (χ4v) is 7.75. The highest BCUT2D eigenvalue weighted by Crippen LogP contribution is 2.41. The molecule has 0 aliphatic carbocycles. The fourth-order valence-electron chi connectivity index (χ4n) is 7.75. The second kappa shape index (κ2) is 16.1. The van der Waals surface area contributed by atoms with Gasteiger partial charge in [0.05, 0.1) is 17.8 Å². The van der Waals surface area contributed by atoms with Gasteiger partial charge in [0.1, 0.15) is 31.3 Å². The van der Waals surface area contributed by atoms with Crippen LogP contribution < -0.4 is 11.1 Å². The number of unbranched alkanes of at least 4 members (excludes halogenated alkanes) is 1. The van der Waals surface area contributed by atoms with Crippen molar-refractivity contribution < 1.29 is 28.6 Å². The van der Waals surface area contributed by atoms with Crippen molar-refractivity contribution in [3.05, 3.63) is 30.5 Å². The number of hydrogen-bond donors (Lipinski definition) is 2. The normalized spacial score (nSPS) is 33.3. The number of hydrogen-bond acceptors (Lipinski definition) is 10. The molecule has 0 radical (unpaired) electrons. The Kier molecular flexibility index (Phi) is 12.6. The number of rotatable bonds is 9. The summed E-state index contributed by atoms with van der Waals surface area (Å²) in [7, 11) is 3.71. The van der Waals surface area contributed by atoms with E-state index < -0.39 is 47.2 Å². The van der Waals surface area contributed by atoms with Crippen LogP contribution in [0.5, 0.6) is 0 Å². The maximum absolute atomic E-state index is 13.7. The molecule has 13 heteroatoms. The molecule has 0 spiro atoms. The molecule has 270 valence electrons. The Balaban J connectivity index is 1.56. The Hall–Kier alpha value is -3.45. The van der Waals surface area contributed by atoms with Gasteiger partial charge in [0, 0.05) is 43.4 Å². The van der Waals surface area contributed by atoms with Gasteiger partial charge < -0.3 is 25.3 Å². The van der Waals surface area contributed by atoms with E-state index in [0.29, 0.717) is 51.0 Å². The van der Waals surface area contributed by atoms with Crippen LogP contribution in [0.25, 0.3) is 11.3 Å². The third kappa shape index (κ3) is 8.48. The van der Waals surface area contributed by atoms with E-state index in [1.165, 1.54) is 0 Å². The smallest absolute Gasteiger partial charge is 0.410 e. The number of nitrogens with two attached hydrogens (primary N) is 1. The predicted octanol–water partition coefficient (Wildman–Crippen LogP) is 4.28. The number of fused-ring (bicyclic) bond motifs is 1. The number of carbonyl (C=O) groups excluding carboxylic acids is 3. The van der Waals surface area contributed by atoms with Crippen molar-refractivity contribution in [2.45, 2.75) is 122 Å². The molecule has 2 saturated heterocycles. The average molecular weight is 681 g/mol. The van der Waals surface area contributed by atoms with Gasteiger partial charge in [0.2, 0.25) is 0 Å². The number of benzene rings is 1. The standard InChI is InChI=1S/C36H57BN6O6/c1-9-13-29-36(7)32(25(5)39-20-22(2)19-35(6,47-8)31(37)23(3)30(44)24(4)33(45)48-29)43(34(46)49-36)17-11-10-16-42-21-28(40-41-42)26-14-12-15-27(38)18-26/h12,14-15,18,21-25,29,31-32,39H,9-11,13,16-17,19-20,37-38H2,1-8H3/t22-,23+,24-,25-,29-,31-,32-,35-,36-/m1/s1. The van der Waals surface area contributed by atoms with Crippen LogP contribution in [-0.4, -0.2) is 95.2 Å².